The number of benzene rings is 1. The van der Waals surface area contributed by atoms with E-state index in [0.717, 1.165) is 19.0 Å². The maximum absolute atomic E-state index is 13.6. The second-order valence-corrected chi connectivity index (χ2v) is 5.60. The highest BCUT2D eigenvalue weighted by Gasteiger charge is 2.38. The van der Waals surface area contributed by atoms with Crippen molar-refractivity contribution < 1.29 is 13.2 Å². The fourth-order valence-corrected chi connectivity index (χ4v) is 2.93. The van der Waals surface area contributed by atoms with E-state index in [1.54, 1.807) is 0 Å². The van der Waals surface area contributed by atoms with Gasteiger partial charge in [-0.3, -0.25) is 4.90 Å². The van der Waals surface area contributed by atoms with E-state index in [1.165, 1.54) is 12.8 Å². The van der Waals surface area contributed by atoms with Crippen LogP contribution < -0.4 is 5.32 Å². The van der Waals surface area contributed by atoms with Gasteiger partial charge < -0.3 is 5.32 Å². The largest absolute Gasteiger partial charge is 0.379 e. The van der Waals surface area contributed by atoms with Gasteiger partial charge in [-0.1, -0.05) is 0 Å². The molecule has 1 aromatic carbocycles. The molecule has 2 unspecified atom stereocenters. The third kappa shape index (κ3) is 2.56. The minimum atomic E-state index is -1.15. The third-order valence-corrected chi connectivity index (χ3v) is 4.01. The van der Waals surface area contributed by atoms with Gasteiger partial charge in [-0.2, -0.15) is 0 Å². The normalized spacial score (nSPS) is 27.8. The predicted octanol–water partition coefficient (Wildman–Crippen LogP) is 3.14. The predicted molar refractivity (Wildman–Crippen MR) is 67.5 cm³/mol. The maximum atomic E-state index is 13.6. The number of halogens is 3. The number of hydrogen-bond acceptors (Lipinski definition) is 2. The van der Waals surface area contributed by atoms with Crippen molar-refractivity contribution in [3.63, 3.8) is 0 Å². The summed E-state index contributed by atoms with van der Waals surface area (Å²) >= 11 is 0. The van der Waals surface area contributed by atoms with Gasteiger partial charge in [0.25, 0.3) is 0 Å². The Morgan fingerprint density at radius 2 is 1.79 bits per heavy atom. The lowest BCUT2D eigenvalue weighted by molar-refractivity contribution is 0.257. The Morgan fingerprint density at radius 1 is 1.11 bits per heavy atom. The second kappa shape index (κ2) is 4.71. The van der Waals surface area contributed by atoms with Crippen LogP contribution in [0.15, 0.2) is 12.1 Å². The van der Waals surface area contributed by atoms with Crippen LogP contribution in [0, 0.1) is 17.5 Å². The molecule has 0 bridgehead atoms. The molecule has 2 fully saturated rings. The van der Waals surface area contributed by atoms with E-state index in [1.807, 2.05) is 0 Å². The van der Waals surface area contributed by atoms with Crippen molar-refractivity contribution in [3.05, 3.63) is 29.6 Å². The Kier molecular flexibility index (Phi) is 3.17. The lowest BCUT2D eigenvalue weighted by Gasteiger charge is -2.20. The molecule has 1 aliphatic heterocycles. The number of rotatable bonds is 3. The van der Waals surface area contributed by atoms with Crippen LogP contribution in [0.4, 0.5) is 18.9 Å². The van der Waals surface area contributed by atoms with E-state index in [0.29, 0.717) is 18.2 Å². The summed E-state index contributed by atoms with van der Waals surface area (Å²) in [5, 5.41) is 3.00. The SMILES string of the molecule is CC1CC(Nc2cc(F)c(F)cc2F)CN1C1CC1. The van der Waals surface area contributed by atoms with Crippen molar-refractivity contribution >= 4 is 5.69 Å². The fourth-order valence-electron chi connectivity index (χ4n) is 2.93. The molecule has 1 aliphatic carbocycles. The summed E-state index contributed by atoms with van der Waals surface area (Å²) in [6.45, 7) is 2.99. The zero-order valence-electron chi connectivity index (χ0n) is 10.8. The topological polar surface area (TPSA) is 15.3 Å². The minimum absolute atomic E-state index is 0.0498. The van der Waals surface area contributed by atoms with Crippen LogP contribution in [0.25, 0.3) is 0 Å². The average Bonchev–Trinajstić information content (AvgIpc) is 3.11. The molecule has 2 nitrogen and oxygen atoms in total. The van der Waals surface area contributed by atoms with Gasteiger partial charge in [0.2, 0.25) is 0 Å². The molecule has 19 heavy (non-hydrogen) atoms. The van der Waals surface area contributed by atoms with Crippen LogP contribution in [0.5, 0.6) is 0 Å². The van der Waals surface area contributed by atoms with E-state index in [2.05, 4.69) is 17.1 Å². The Balaban J connectivity index is 1.70. The highest BCUT2D eigenvalue weighted by atomic mass is 19.2. The Bertz CT molecular complexity index is 488. The molecule has 1 saturated heterocycles. The molecule has 1 N–H and O–H groups in total. The molecule has 0 spiro atoms. The van der Waals surface area contributed by atoms with E-state index in [-0.39, 0.29) is 11.7 Å². The maximum Gasteiger partial charge on any atom is 0.161 e. The highest BCUT2D eigenvalue weighted by Crippen LogP contribution is 2.34. The van der Waals surface area contributed by atoms with E-state index in [9.17, 15) is 13.2 Å². The first-order valence-corrected chi connectivity index (χ1v) is 6.71. The molecular weight excluding hydrogens is 253 g/mol. The van der Waals surface area contributed by atoms with Gasteiger partial charge in [0.15, 0.2) is 11.6 Å². The molecule has 1 aromatic rings. The number of nitrogens with one attached hydrogen (secondary N) is 1. The summed E-state index contributed by atoms with van der Waals surface area (Å²) in [6.07, 6.45) is 3.36. The zero-order valence-corrected chi connectivity index (χ0v) is 10.8. The number of hydrogen-bond donors (Lipinski definition) is 1. The summed E-state index contributed by atoms with van der Waals surface area (Å²) in [4.78, 5) is 2.41. The summed E-state index contributed by atoms with van der Waals surface area (Å²) in [7, 11) is 0. The number of likely N-dealkylation sites (tertiary alicyclic amines) is 1. The number of nitrogens with zero attached hydrogens (tertiary/aromatic N) is 1. The summed E-state index contributed by atoms with van der Waals surface area (Å²) in [5.74, 6) is -2.91. The quantitative estimate of drug-likeness (QED) is 0.849. The van der Waals surface area contributed by atoms with E-state index >= 15 is 0 Å². The van der Waals surface area contributed by atoms with Gasteiger partial charge in [0.1, 0.15) is 5.82 Å². The van der Waals surface area contributed by atoms with Crippen molar-refractivity contribution in [3.8, 4) is 0 Å². The average molecular weight is 270 g/mol. The second-order valence-electron chi connectivity index (χ2n) is 5.60. The molecule has 104 valence electrons. The van der Waals surface area contributed by atoms with Gasteiger partial charge in [0, 0.05) is 36.8 Å². The first-order valence-electron chi connectivity index (χ1n) is 6.71. The smallest absolute Gasteiger partial charge is 0.161 e. The zero-order chi connectivity index (χ0) is 13.6. The van der Waals surface area contributed by atoms with Crippen LogP contribution in [0.1, 0.15) is 26.2 Å². The minimum Gasteiger partial charge on any atom is -0.379 e. The van der Waals surface area contributed by atoms with Crippen LogP contribution in [-0.2, 0) is 0 Å². The van der Waals surface area contributed by atoms with Crippen LogP contribution >= 0.6 is 0 Å². The van der Waals surface area contributed by atoms with Crippen molar-refractivity contribution in [2.75, 3.05) is 11.9 Å². The van der Waals surface area contributed by atoms with Crippen molar-refractivity contribution in [1.29, 1.82) is 0 Å². The standard InChI is InChI=1S/C14H17F3N2/c1-8-4-9(7-19(8)10-2-3-10)18-14-6-12(16)11(15)5-13(14)17/h5-6,8-10,18H,2-4,7H2,1H3. The van der Waals surface area contributed by atoms with E-state index in [4.69, 9.17) is 0 Å². The van der Waals surface area contributed by atoms with Gasteiger partial charge in [-0.05, 0) is 26.2 Å². The van der Waals surface area contributed by atoms with Crippen LogP contribution in [0.3, 0.4) is 0 Å². The lowest BCUT2D eigenvalue weighted by atomic mass is 10.1. The molecule has 0 radical (unpaired) electrons. The first kappa shape index (κ1) is 12.8. The Hall–Kier alpha value is -1.23. The Labute approximate surface area is 110 Å². The van der Waals surface area contributed by atoms with Crippen molar-refractivity contribution in [2.45, 2.75) is 44.3 Å². The molecule has 2 atom stereocenters. The lowest BCUT2D eigenvalue weighted by Crippen LogP contribution is -2.31. The van der Waals surface area contributed by atoms with Crippen LogP contribution in [-0.4, -0.2) is 29.6 Å². The van der Waals surface area contributed by atoms with Gasteiger partial charge in [0.05, 0.1) is 5.69 Å². The first-order chi connectivity index (χ1) is 9.04. The summed E-state index contributed by atoms with van der Waals surface area (Å²) in [5.41, 5.74) is 0.0498. The molecule has 2 aliphatic rings. The van der Waals surface area contributed by atoms with Crippen molar-refractivity contribution in [1.82, 2.24) is 4.90 Å². The molecule has 0 amide bonds. The van der Waals surface area contributed by atoms with Gasteiger partial charge in [-0.15, -0.1) is 0 Å². The highest BCUT2D eigenvalue weighted by molar-refractivity contribution is 5.46. The van der Waals surface area contributed by atoms with E-state index < -0.39 is 17.5 Å². The molecule has 0 aromatic heterocycles. The molecule has 1 heterocycles. The number of anilines is 1. The molecule has 1 saturated carbocycles. The summed E-state index contributed by atoms with van der Waals surface area (Å²) in [6, 6.07) is 2.70. The summed E-state index contributed by atoms with van der Waals surface area (Å²) < 4.78 is 39.6. The molecule has 3 rings (SSSR count). The Morgan fingerprint density at radius 3 is 2.47 bits per heavy atom. The van der Waals surface area contributed by atoms with Crippen molar-refractivity contribution in [2.24, 2.45) is 0 Å². The molecular formula is C14H17F3N2. The van der Waals surface area contributed by atoms with Gasteiger partial charge >= 0.3 is 0 Å². The van der Waals surface area contributed by atoms with Gasteiger partial charge in [-0.25, -0.2) is 13.2 Å². The fraction of sp³-hybridized carbons (Fsp3) is 0.571. The van der Waals surface area contributed by atoms with Crippen LogP contribution in [0.2, 0.25) is 0 Å². The monoisotopic (exact) mass is 270 g/mol. The third-order valence-electron chi connectivity index (χ3n) is 4.01. The molecule has 5 heteroatoms.